The lowest BCUT2D eigenvalue weighted by molar-refractivity contribution is -0.0149. The maximum Gasteiger partial charge on any atom is 0.0497 e. The molecule has 1 saturated heterocycles. The van der Waals surface area contributed by atoms with Gasteiger partial charge in [-0.05, 0) is 68.4 Å². The molecule has 2 fully saturated rings. The largest absolute Gasteiger partial charge is 0.381 e. The first-order chi connectivity index (χ1) is 8.62. The molecule has 3 atom stereocenters. The first-order valence-corrected chi connectivity index (χ1v) is 7.91. The highest BCUT2D eigenvalue weighted by atomic mass is 16.5. The van der Waals surface area contributed by atoms with Gasteiger partial charge in [0.15, 0.2) is 0 Å². The fourth-order valence-corrected chi connectivity index (χ4v) is 3.94. The molecular weight excluding hydrogens is 222 g/mol. The third-order valence-electron chi connectivity index (χ3n) is 5.04. The highest BCUT2D eigenvalue weighted by Crippen LogP contribution is 2.46. The molecule has 0 aromatic heterocycles. The summed E-state index contributed by atoms with van der Waals surface area (Å²) in [5.74, 6) is 2.58. The van der Waals surface area contributed by atoms with Crippen LogP contribution >= 0.6 is 0 Å². The first-order valence-electron chi connectivity index (χ1n) is 7.91. The van der Waals surface area contributed by atoms with E-state index in [-0.39, 0.29) is 0 Å². The standard InChI is InChI=1S/C16H31NO/c1-4-17-11-13-7-8-16(2,3)10-15(13)14-6-5-9-18-12-14/h13-15,17H,4-12H2,1-3H3. The van der Waals surface area contributed by atoms with Crippen molar-refractivity contribution in [2.45, 2.75) is 52.9 Å². The molecule has 1 heterocycles. The van der Waals surface area contributed by atoms with Crippen LogP contribution in [0.15, 0.2) is 0 Å². The Bertz CT molecular complexity index is 245. The number of ether oxygens (including phenoxy) is 1. The maximum atomic E-state index is 5.74. The molecule has 1 saturated carbocycles. The van der Waals surface area contributed by atoms with Crippen LogP contribution in [0.3, 0.4) is 0 Å². The van der Waals surface area contributed by atoms with Gasteiger partial charge in [-0.25, -0.2) is 0 Å². The monoisotopic (exact) mass is 253 g/mol. The summed E-state index contributed by atoms with van der Waals surface area (Å²) in [6, 6.07) is 0. The average Bonchev–Trinajstić information content (AvgIpc) is 2.38. The van der Waals surface area contributed by atoms with E-state index in [0.29, 0.717) is 5.41 Å². The quantitative estimate of drug-likeness (QED) is 0.828. The van der Waals surface area contributed by atoms with E-state index in [1.165, 1.54) is 38.6 Å². The summed E-state index contributed by atoms with van der Waals surface area (Å²) in [5, 5.41) is 3.57. The lowest BCUT2D eigenvalue weighted by Crippen LogP contribution is -2.41. The molecule has 0 aromatic rings. The molecule has 1 N–H and O–H groups in total. The van der Waals surface area contributed by atoms with Gasteiger partial charge in [0.25, 0.3) is 0 Å². The summed E-state index contributed by atoms with van der Waals surface area (Å²) in [6.45, 7) is 11.4. The van der Waals surface area contributed by atoms with Crippen LogP contribution in [0, 0.1) is 23.2 Å². The van der Waals surface area contributed by atoms with E-state index in [4.69, 9.17) is 4.74 Å². The van der Waals surface area contributed by atoms with Gasteiger partial charge >= 0.3 is 0 Å². The van der Waals surface area contributed by atoms with Crippen LogP contribution in [0.1, 0.15) is 52.9 Å². The lowest BCUT2D eigenvalue weighted by Gasteiger charge is -2.45. The molecule has 106 valence electrons. The van der Waals surface area contributed by atoms with Crippen molar-refractivity contribution in [3.8, 4) is 0 Å². The van der Waals surface area contributed by atoms with Crippen LogP contribution in [0.25, 0.3) is 0 Å². The van der Waals surface area contributed by atoms with Gasteiger partial charge in [-0.15, -0.1) is 0 Å². The van der Waals surface area contributed by atoms with Crippen molar-refractivity contribution in [2.75, 3.05) is 26.3 Å². The average molecular weight is 253 g/mol. The molecule has 2 aliphatic rings. The Morgan fingerprint density at radius 3 is 2.78 bits per heavy atom. The number of hydrogen-bond donors (Lipinski definition) is 1. The fraction of sp³-hybridized carbons (Fsp3) is 1.00. The molecular formula is C16H31NO. The zero-order chi connectivity index (χ0) is 13.0. The zero-order valence-electron chi connectivity index (χ0n) is 12.5. The highest BCUT2D eigenvalue weighted by molar-refractivity contribution is 4.89. The van der Waals surface area contributed by atoms with Crippen LogP contribution < -0.4 is 5.32 Å². The van der Waals surface area contributed by atoms with Crippen molar-refractivity contribution >= 4 is 0 Å². The van der Waals surface area contributed by atoms with Crippen LogP contribution in [0.2, 0.25) is 0 Å². The van der Waals surface area contributed by atoms with Crippen molar-refractivity contribution < 1.29 is 4.74 Å². The molecule has 0 amide bonds. The summed E-state index contributed by atoms with van der Waals surface area (Å²) < 4.78 is 5.74. The summed E-state index contributed by atoms with van der Waals surface area (Å²) >= 11 is 0. The Balaban J connectivity index is 1.98. The van der Waals surface area contributed by atoms with Crippen molar-refractivity contribution in [2.24, 2.45) is 23.2 Å². The first kappa shape index (κ1) is 14.3. The lowest BCUT2D eigenvalue weighted by atomic mass is 9.62. The minimum atomic E-state index is 0.546. The molecule has 1 aliphatic carbocycles. The molecule has 3 unspecified atom stereocenters. The number of hydrogen-bond acceptors (Lipinski definition) is 2. The molecule has 0 aromatic carbocycles. The summed E-state index contributed by atoms with van der Waals surface area (Å²) in [7, 11) is 0. The molecule has 2 nitrogen and oxygen atoms in total. The summed E-state index contributed by atoms with van der Waals surface area (Å²) in [6.07, 6.45) is 6.87. The highest BCUT2D eigenvalue weighted by Gasteiger charge is 2.39. The smallest absolute Gasteiger partial charge is 0.0497 e. The SMILES string of the molecule is CCNCC1CCC(C)(C)CC1C1CCCOC1. The predicted octanol–water partition coefficient (Wildman–Crippen LogP) is 3.47. The number of nitrogens with one attached hydrogen (secondary N) is 1. The van der Waals surface area contributed by atoms with E-state index in [2.05, 4.69) is 26.1 Å². The van der Waals surface area contributed by atoms with Gasteiger partial charge in [-0.1, -0.05) is 20.8 Å². The summed E-state index contributed by atoms with van der Waals surface area (Å²) in [4.78, 5) is 0. The van der Waals surface area contributed by atoms with Gasteiger partial charge in [-0.3, -0.25) is 0 Å². The van der Waals surface area contributed by atoms with Crippen LogP contribution in [-0.2, 0) is 4.74 Å². The third kappa shape index (κ3) is 3.71. The topological polar surface area (TPSA) is 21.3 Å². The van der Waals surface area contributed by atoms with Gasteiger partial charge in [0.2, 0.25) is 0 Å². The maximum absolute atomic E-state index is 5.74. The van der Waals surface area contributed by atoms with Gasteiger partial charge in [-0.2, -0.15) is 0 Å². The Morgan fingerprint density at radius 1 is 1.28 bits per heavy atom. The van der Waals surface area contributed by atoms with E-state index in [0.717, 1.165) is 37.5 Å². The second kappa shape index (κ2) is 6.38. The van der Waals surface area contributed by atoms with Crippen molar-refractivity contribution in [1.29, 1.82) is 0 Å². The Hall–Kier alpha value is -0.0800. The minimum absolute atomic E-state index is 0.546. The summed E-state index contributed by atoms with van der Waals surface area (Å²) in [5.41, 5.74) is 0.546. The molecule has 2 rings (SSSR count). The Morgan fingerprint density at radius 2 is 2.11 bits per heavy atom. The molecule has 18 heavy (non-hydrogen) atoms. The van der Waals surface area contributed by atoms with E-state index in [9.17, 15) is 0 Å². The van der Waals surface area contributed by atoms with Crippen LogP contribution in [0.5, 0.6) is 0 Å². The third-order valence-corrected chi connectivity index (χ3v) is 5.04. The zero-order valence-corrected chi connectivity index (χ0v) is 12.5. The van der Waals surface area contributed by atoms with E-state index in [1.54, 1.807) is 0 Å². The van der Waals surface area contributed by atoms with Crippen LogP contribution in [-0.4, -0.2) is 26.3 Å². The predicted molar refractivity (Wildman–Crippen MR) is 76.7 cm³/mol. The van der Waals surface area contributed by atoms with Crippen LogP contribution in [0.4, 0.5) is 0 Å². The molecule has 0 radical (unpaired) electrons. The van der Waals surface area contributed by atoms with Crippen molar-refractivity contribution in [1.82, 2.24) is 5.32 Å². The minimum Gasteiger partial charge on any atom is -0.381 e. The Kier molecular flexibility index (Phi) is 5.08. The fourth-order valence-electron chi connectivity index (χ4n) is 3.94. The van der Waals surface area contributed by atoms with E-state index < -0.39 is 0 Å². The normalized spacial score (nSPS) is 36.5. The van der Waals surface area contributed by atoms with Gasteiger partial charge in [0.05, 0.1) is 0 Å². The second-order valence-electron chi connectivity index (χ2n) is 7.12. The molecule has 0 bridgehead atoms. The van der Waals surface area contributed by atoms with E-state index >= 15 is 0 Å². The number of rotatable bonds is 4. The van der Waals surface area contributed by atoms with Gasteiger partial charge in [0, 0.05) is 13.2 Å². The molecule has 0 spiro atoms. The van der Waals surface area contributed by atoms with Gasteiger partial charge in [0.1, 0.15) is 0 Å². The van der Waals surface area contributed by atoms with Crippen molar-refractivity contribution in [3.05, 3.63) is 0 Å². The van der Waals surface area contributed by atoms with E-state index in [1.807, 2.05) is 0 Å². The second-order valence-corrected chi connectivity index (χ2v) is 7.12. The Labute approximate surface area is 113 Å². The molecule has 2 heteroatoms. The van der Waals surface area contributed by atoms with Crippen molar-refractivity contribution in [3.63, 3.8) is 0 Å². The van der Waals surface area contributed by atoms with Gasteiger partial charge < -0.3 is 10.1 Å². The molecule has 1 aliphatic heterocycles.